The number of hydrogen-bond acceptors (Lipinski definition) is 3. The van der Waals surface area contributed by atoms with E-state index in [0.29, 0.717) is 12.5 Å². The first-order chi connectivity index (χ1) is 6.29. The Kier molecular flexibility index (Phi) is 1.88. The van der Waals surface area contributed by atoms with Crippen molar-refractivity contribution in [2.45, 2.75) is 6.92 Å². The lowest BCUT2D eigenvalue weighted by Crippen LogP contribution is -1.94. The van der Waals surface area contributed by atoms with Gasteiger partial charge in [-0.1, -0.05) is 0 Å². The van der Waals surface area contributed by atoms with E-state index in [1.165, 1.54) is 0 Å². The van der Waals surface area contributed by atoms with Gasteiger partial charge in [-0.15, -0.1) is 0 Å². The molecule has 0 unspecified atom stereocenters. The summed E-state index contributed by atoms with van der Waals surface area (Å²) < 4.78 is 7.01. The maximum atomic E-state index is 5.26. The van der Waals surface area contributed by atoms with Crippen LogP contribution in [0.2, 0.25) is 0 Å². The first-order valence-electron chi connectivity index (χ1n) is 4.23. The summed E-state index contributed by atoms with van der Waals surface area (Å²) in [4.78, 5) is 4.23. The molecule has 2 aromatic rings. The summed E-state index contributed by atoms with van der Waals surface area (Å²) in [6.45, 7) is 2.57. The van der Waals surface area contributed by atoms with Crippen LogP contribution in [0, 0.1) is 0 Å². The van der Waals surface area contributed by atoms with Gasteiger partial charge < -0.3 is 4.74 Å². The van der Waals surface area contributed by atoms with E-state index in [9.17, 15) is 0 Å². The molecule has 0 fully saturated rings. The van der Waals surface area contributed by atoms with Crippen LogP contribution in [0.4, 0.5) is 0 Å². The minimum Gasteiger partial charge on any atom is -0.478 e. The summed E-state index contributed by atoms with van der Waals surface area (Å²) in [6, 6.07) is 3.81. The number of ether oxygens (including phenoxy) is 1. The summed E-state index contributed by atoms with van der Waals surface area (Å²) in [5.74, 6) is 0.633. The maximum Gasteiger partial charge on any atom is 0.215 e. The minimum atomic E-state index is 0.630. The summed E-state index contributed by atoms with van der Waals surface area (Å²) in [5, 5.41) is 5.21. The Morgan fingerprint density at radius 2 is 2.31 bits per heavy atom. The van der Waals surface area contributed by atoms with E-state index in [4.69, 9.17) is 4.74 Å². The number of rotatable bonds is 2. The second-order valence-corrected chi connectivity index (χ2v) is 2.80. The van der Waals surface area contributed by atoms with E-state index in [1.54, 1.807) is 4.68 Å². The third-order valence-corrected chi connectivity index (χ3v) is 1.75. The monoisotopic (exact) mass is 177 g/mol. The molecule has 0 saturated carbocycles. The Hall–Kier alpha value is -1.58. The zero-order valence-electron chi connectivity index (χ0n) is 7.69. The molecule has 0 aliphatic carbocycles. The molecular weight excluding hydrogens is 166 g/mol. The Morgan fingerprint density at radius 1 is 1.46 bits per heavy atom. The first-order valence-corrected chi connectivity index (χ1v) is 4.23. The van der Waals surface area contributed by atoms with Gasteiger partial charge in [0.15, 0.2) is 5.65 Å². The SMILES string of the molecule is CCOc1ccc2cn(C)nc2n1. The fourth-order valence-corrected chi connectivity index (χ4v) is 1.23. The first kappa shape index (κ1) is 8.04. The fraction of sp³-hybridized carbons (Fsp3) is 0.333. The normalized spacial score (nSPS) is 10.6. The summed E-state index contributed by atoms with van der Waals surface area (Å²) >= 11 is 0. The molecule has 0 saturated heterocycles. The Balaban J connectivity index is 2.48. The quantitative estimate of drug-likeness (QED) is 0.695. The average molecular weight is 177 g/mol. The van der Waals surface area contributed by atoms with Crippen molar-refractivity contribution in [3.63, 3.8) is 0 Å². The molecule has 0 N–H and O–H groups in total. The van der Waals surface area contributed by atoms with Gasteiger partial charge in [-0.3, -0.25) is 4.68 Å². The van der Waals surface area contributed by atoms with Crippen LogP contribution in [0.15, 0.2) is 18.3 Å². The van der Waals surface area contributed by atoms with E-state index in [0.717, 1.165) is 11.0 Å². The highest BCUT2D eigenvalue weighted by molar-refractivity contribution is 5.74. The van der Waals surface area contributed by atoms with Crippen molar-refractivity contribution in [3.8, 4) is 5.88 Å². The molecule has 0 radical (unpaired) electrons. The van der Waals surface area contributed by atoms with Crippen molar-refractivity contribution in [3.05, 3.63) is 18.3 Å². The Labute approximate surface area is 76.1 Å². The number of pyridine rings is 1. The summed E-state index contributed by atoms with van der Waals surface area (Å²) in [6.07, 6.45) is 1.93. The lowest BCUT2D eigenvalue weighted by molar-refractivity contribution is 0.328. The van der Waals surface area contributed by atoms with Crippen LogP contribution in [0.5, 0.6) is 5.88 Å². The van der Waals surface area contributed by atoms with Gasteiger partial charge in [-0.25, -0.2) is 0 Å². The zero-order chi connectivity index (χ0) is 9.26. The lowest BCUT2D eigenvalue weighted by atomic mass is 10.3. The van der Waals surface area contributed by atoms with Crippen molar-refractivity contribution >= 4 is 11.0 Å². The molecule has 4 heteroatoms. The zero-order valence-corrected chi connectivity index (χ0v) is 7.69. The Morgan fingerprint density at radius 3 is 3.08 bits per heavy atom. The van der Waals surface area contributed by atoms with E-state index in [2.05, 4.69) is 10.1 Å². The molecule has 68 valence electrons. The molecule has 0 bridgehead atoms. The molecule has 2 rings (SSSR count). The minimum absolute atomic E-state index is 0.630. The van der Waals surface area contributed by atoms with Gasteiger partial charge in [0.2, 0.25) is 5.88 Å². The second-order valence-electron chi connectivity index (χ2n) is 2.80. The van der Waals surface area contributed by atoms with Gasteiger partial charge >= 0.3 is 0 Å². The number of hydrogen-bond donors (Lipinski definition) is 0. The van der Waals surface area contributed by atoms with Crippen LogP contribution in [0.1, 0.15) is 6.92 Å². The van der Waals surface area contributed by atoms with Crippen LogP contribution >= 0.6 is 0 Å². The average Bonchev–Trinajstić information content (AvgIpc) is 2.44. The number of aromatic nitrogens is 3. The van der Waals surface area contributed by atoms with Gasteiger partial charge in [-0.2, -0.15) is 10.1 Å². The number of aryl methyl sites for hydroxylation is 1. The molecule has 2 heterocycles. The Bertz CT molecular complexity index is 422. The van der Waals surface area contributed by atoms with Crippen molar-refractivity contribution < 1.29 is 4.74 Å². The third-order valence-electron chi connectivity index (χ3n) is 1.75. The molecule has 0 aliphatic heterocycles. The predicted molar refractivity (Wildman–Crippen MR) is 49.7 cm³/mol. The molecule has 0 aromatic carbocycles. The molecular formula is C9H11N3O. The standard InChI is InChI=1S/C9H11N3O/c1-3-13-8-5-4-7-6-12(2)11-9(7)10-8/h4-6H,3H2,1-2H3. The van der Waals surface area contributed by atoms with Crippen molar-refractivity contribution in [1.82, 2.24) is 14.8 Å². The van der Waals surface area contributed by atoms with E-state index >= 15 is 0 Å². The second kappa shape index (κ2) is 3.05. The number of fused-ring (bicyclic) bond motifs is 1. The fourth-order valence-electron chi connectivity index (χ4n) is 1.23. The van der Waals surface area contributed by atoms with Gasteiger partial charge in [0.25, 0.3) is 0 Å². The predicted octanol–water partition coefficient (Wildman–Crippen LogP) is 1.37. The molecule has 0 spiro atoms. The molecule has 4 nitrogen and oxygen atoms in total. The molecule has 0 aliphatic rings. The molecule has 0 amide bonds. The van der Waals surface area contributed by atoms with Crippen LogP contribution in [-0.2, 0) is 7.05 Å². The lowest BCUT2D eigenvalue weighted by Gasteiger charge is -1.99. The van der Waals surface area contributed by atoms with Gasteiger partial charge in [-0.05, 0) is 13.0 Å². The van der Waals surface area contributed by atoms with Gasteiger partial charge in [0.05, 0.1) is 6.61 Å². The van der Waals surface area contributed by atoms with Gasteiger partial charge in [0.1, 0.15) is 0 Å². The van der Waals surface area contributed by atoms with Crippen LogP contribution in [-0.4, -0.2) is 21.4 Å². The largest absolute Gasteiger partial charge is 0.478 e. The molecule has 0 atom stereocenters. The van der Waals surface area contributed by atoms with Crippen LogP contribution < -0.4 is 4.74 Å². The van der Waals surface area contributed by atoms with Gasteiger partial charge in [0, 0.05) is 24.7 Å². The summed E-state index contributed by atoms with van der Waals surface area (Å²) in [7, 11) is 1.88. The van der Waals surface area contributed by atoms with Crippen molar-refractivity contribution in [1.29, 1.82) is 0 Å². The molecule has 13 heavy (non-hydrogen) atoms. The highest BCUT2D eigenvalue weighted by atomic mass is 16.5. The highest BCUT2D eigenvalue weighted by Crippen LogP contribution is 2.14. The van der Waals surface area contributed by atoms with Crippen molar-refractivity contribution in [2.75, 3.05) is 6.61 Å². The third kappa shape index (κ3) is 1.47. The van der Waals surface area contributed by atoms with Crippen molar-refractivity contribution in [2.24, 2.45) is 7.05 Å². The van der Waals surface area contributed by atoms with Crippen LogP contribution in [0.3, 0.4) is 0 Å². The van der Waals surface area contributed by atoms with Crippen LogP contribution in [0.25, 0.3) is 11.0 Å². The van der Waals surface area contributed by atoms with E-state index < -0.39 is 0 Å². The van der Waals surface area contributed by atoms with E-state index in [-0.39, 0.29) is 0 Å². The van der Waals surface area contributed by atoms with E-state index in [1.807, 2.05) is 32.3 Å². The number of nitrogens with zero attached hydrogens (tertiary/aromatic N) is 3. The maximum absolute atomic E-state index is 5.26. The topological polar surface area (TPSA) is 39.9 Å². The highest BCUT2D eigenvalue weighted by Gasteiger charge is 2.01. The molecule has 2 aromatic heterocycles. The smallest absolute Gasteiger partial charge is 0.215 e. The summed E-state index contributed by atoms with van der Waals surface area (Å²) in [5.41, 5.74) is 0.730.